The van der Waals surface area contributed by atoms with Crippen molar-refractivity contribution in [1.82, 2.24) is 9.97 Å². The largest absolute Gasteiger partial charge is 0.399 e. The lowest BCUT2D eigenvalue weighted by molar-refractivity contribution is 1.14. The minimum absolute atomic E-state index is 0.0254. The number of hydrogen-bond donors (Lipinski definition) is 2. The Kier molecular flexibility index (Phi) is 3.80. The van der Waals surface area contributed by atoms with Crippen LogP contribution in [0.3, 0.4) is 0 Å². The van der Waals surface area contributed by atoms with Crippen molar-refractivity contribution >= 4 is 11.4 Å². The van der Waals surface area contributed by atoms with Crippen molar-refractivity contribution in [2.45, 2.75) is 0 Å². The fourth-order valence-corrected chi connectivity index (χ4v) is 2.37. The molecule has 6 heteroatoms. The minimum Gasteiger partial charge on any atom is -0.399 e. The van der Waals surface area contributed by atoms with Gasteiger partial charge in [0.25, 0.3) is 0 Å². The van der Waals surface area contributed by atoms with E-state index in [1.165, 1.54) is 0 Å². The van der Waals surface area contributed by atoms with Crippen LogP contribution in [0.2, 0.25) is 0 Å². The number of rotatable bonds is 2. The van der Waals surface area contributed by atoms with Crippen LogP contribution in [0.15, 0.2) is 48.5 Å². The molecule has 0 radical (unpaired) electrons. The van der Waals surface area contributed by atoms with E-state index in [2.05, 4.69) is 9.97 Å². The molecule has 0 aliphatic heterocycles. The van der Waals surface area contributed by atoms with Crippen molar-refractivity contribution < 1.29 is 0 Å². The van der Waals surface area contributed by atoms with Crippen LogP contribution in [0.1, 0.15) is 11.4 Å². The van der Waals surface area contributed by atoms with Crippen molar-refractivity contribution in [2.24, 2.45) is 0 Å². The van der Waals surface area contributed by atoms with Gasteiger partial charge in [0.2, 0.25) is 0 Å². The number of aromatic nitrogens is 2. The van der Waals surface area contributed by atoms with E-state index in [4.69, 9.17) is 11.5 Å². The second-order valence-electron chi connectivity index (χ2n) is 5.09. The lowest BCUT2D eigenvalue weighted by atomic mass is 10.0. The highest BCUT2D eigenvalue weighted by molar-refractivity contribution is 5.81. The molecule has 0 spiro atoms. The normalized spacial score (nSPS) is 9.92. The molecule has 2 aromatic carbocycles. The molecule has 0 aliphatic carbocycles. The average molecular weight is 312 g/mol. The molecule has 0 amide bonds. The summed E-state index contributed by atoms with van der Waals surface area (Å²) in [4.78, 5) is 8.67. The molecule has 24 heavy (non-hydrogen) atoms. The van der Waals surface area contributed by atoms with E-state index in [0.717, 1.165) is 0 Å². The van der Waals surface area contributed by atoms with E-state index in [-0.39, 0.29) is 11.4 Å². The maximum atomic E-state index is 9.23. The van der Waals surface area contributed by atoms with Crippen LogP contribution >= 0.6 is 0 Å². The first kappa shape index (κ1) is 15.0. The fourth-order valence-electron chi connectivity index (χ4n) is 2.37. The first-order chi connectivity index (χ1) is 11.6. The van der Waals surface area contributed by atoms with Gasteiger partial charge in [-0.3, -0.25) is 0 Å². The smallest absolute Gasteiger partial charge is 0.177 e. The highest BCUT2D eigenvalue weighted by Gasteiger charge is 2.17. The third-order valence-electron chi connectivity index (χ3n) is 3.43. The van der Waals surface area contributed by atoms with Gasteiger partial charge in [0.15, 0.2) is 11.4 Å². The van der Waals surface area contributed by atoms with Crippen LogP contribution < -0.4 is 11.5 Å². The standard InChI is InChI=1S/C18H12N6/c19-9-15-16(10-20)24-18(12-4-2-6-14(22)8-12)17(23-15)11-3-1-5-13(21)7-11/h1-8H,21-22H2. The van der Waals surface area contributed by atoms with Gasteiger partial charge < -0.3 is 11.5 Å². The molecule has 0 saturated heterocycles. The fraction of sp³-hybridized carbons (Fsp3) is 0. The van der Waals surface area contributed by atoms with E-state index in [1.807, 2.05) is 24.3 Å². The maximum absolute atomic E-state index is 9.23. The van der Waals surface area contributed by atoms with Gasteiger partial charge in [-0.05, 0) is 24.3 Å². The van der Waals surface area contributed by atoms with E-state index >= 15 is 0 Å². The SMILES string of the molecule is N#Cc1nc(-c2cccc(N)c2)c(-c2cccc(N)c2)nc1C#N. The Hall–Kier alpha value is -3.90. The van der Waals surface area contributed by atoms with Crippen LogP contribution in [0.5, 0.6) is 0 Å². The summed E-state index contributed by atoms with van der Waals surface area (Å²) in [6.07, 6.45) is 0. The molecule has 0 bridgehead atoms. The molecule has 0 fully saturated rings. The Morgan fingerprint density at radius 3 is 1.46 bits per heavy atom. The monoisotopic (exact) mass is 312 g/mol. The lowest BCUT2D eigenvalue weighted by Gasteiger charge is -2.11. The molecule has 3 aromatic rings. The van der Waals surface area contributed by atoms with Gasteiger partial charge in [0.05, 0.1) is 11.4 Å². The first-order valence-electron chi connectivity index (χ1n) is 7.06. The average Bonchev–Trinajstić information content (AvgIpc) is 2.60. The number of nitriles is 2. The quantitative estimate of drug-likeness (QED) is 0.701. The molecule has 1 aromatic heterocycles. The highest BCUT2D eigenvalue weighted by atomic mass is 14.9. The summed E-state index contributed by atoms with van der Waals surface area (Å²) in [6, 6.07) is 18.0. The Labute approximate surface area is 138 Å². The molecular formula is C18H12N6. The van der Waals surface area contributed by atoms with Crippen LogP contribution in [0.4, 0.5) is 11.4 Å². The number of nitrogen functional groups attached to an aromatic ring is 2. The topological polar surface area (TPSA) is 125 Å². The Morgan fingerprint density at radius 1 is 0.708 bits per heavy atom. The van der Waals surface area contributed by atoms with Crippen LogP contribution in [0, 0.1) is 22.7 Å². The van der Waals surface area contributed by atoms with Crippen LogP contribution in [0.25, 0.3) is 22.5 Å². The zero-order chi connectivity index (χ0) is 17.1. The van der Waals surface area contributed by atoms with Gasteiger partial charge in [0.1, 0.15) is 12.1 Å². The summed E-state index contributed by atoms with van der Waals surface area (Å²) < 4.78 is 0. The van der Waals surface area contributed by atoms with Crippen molar-refractivity contribution in [2.75, 3.05) is 11.5 Å². The van der Waals surface area contributed by atoms with Crippen molar-refractivity contribution in [3.63, 3.8) is 0 Å². The van der Waals surface area contributed by atoms with Gasteiger partial charge in [-0.25, -0.2) is 9.97 Å². The zero-order valence-corrected chi connectivity index (χ0v) is 12.6. The number of benzene rings is 2. The summed E-state index contributed by atoms with van der Waals surface area (Å²) in [6.45, 7) is 0. The van der Waals surface area contributed by atoms with Gasteiger partial charge in [-0.2, -0.15) is 10.5 Å². The van der Waals surface area contributed by atoms with Crippen molar-refractivity contribution in [3.05, 3.63) is 59.9 Å². The molecule has 3 rings (SSSR count). The second-order valence-corrected chi connectivity index (χ2v) is 5.09. The molecule has 0 unspecified atom stereocenters. The Bertz CT molecular complexity index is 928. The molecule has 0 aliphatic rings. The van der Waals surface area contributed by atoms with Gasteiger partial charge in [-0.1, -0.05) is 24.3 Å². The summed E-state index contributed by atoms with van der Waals surface area (Å²) >= 11 is 0. The van der Waals surface area contributed by atoms with Gasteiger partial charge in [-0.15, -0.1) is 0 Å². The minimum atomic E-state index is -0.0254. The van der Waals surface area contributed by atoms with Crippen LogP contribution in [-0.2, 0) is 0 Å². The van der Waals surface area contributed by atoms with Crippen molar-refractivity contribution in [3.8, 4) is 34.7 Å². The van der Waals surface area contributed by atoms with Gasteiger partial charge >= 0.3 is 0 Å². The number of hydrogen-bond acceptors (Lipinski definition) is 6. The van der Waals surface area contributed by atoms with Crippen molar-refractivity contribution in [1.29, 1.82) is 10.5 Å². The van der Waals surface area contributed by atoms with Gasteiger partial charge in [0, 0.05) is 22.5 Å². The van der Waals surface area contributed by atoms with E-state index in [9.17, 15) is 10.5 Å². The molecule has 0 atom stereocenters. The molecule has 114 valence electrons. The second kappa shape index (κ2) is 6.07. The predicted octanol–water partition coefficient (Wildman–Crippen LogP) is 2.72. The summed E-state index contributed by atoms with van der Waals surface area (Å²) in [7, 11) is 0. The Balaban J connectivity index is 2.34. The molecule has 6 nitrogen and oxygen atoms in total. The molecule has 0 saturated carbocycles. The summed E-state index contributed by atoms with van der Waals surface area (Å²) in [5.41, 5.74) is 15.1. The third-order valence-corrected chi connectivity index (χ3v) is 3.43. The molecule has 1 heterocycles. The predicted molar refractivity (Wildman–Crippen MR) is 91.2 cm³/mol. The highest BCUT2D eigenvalue weighted by Crippen LogP contribution is 2.31. The van der Waals surface area contributed by atoms with E-state index in [1.54, 1.807) is 36.4 Å². The van der Waals surface area contributed by atoms with E-state index in [0.29, 0.717) is 33.9 Å². The number of anilines is 2. The number of nitrogens with two attached hydrogens (primary N) is 2. The third kappa shape index (κ3) is 2.72. The zero-order valence-electron chi connectivity index (χ0n) is 12.6. The lowest BCUT2D eigenvalue weighted by Crippen LogP contribution is -2.02. The summed E-state index contributed by atoms with van der Waals surface area (Å²) in [5, 5.41) is 18.5. The molecule has 4 N–H and O–H groups in total. The van der Waals surface area contributed by atoms with Crippen LogP contribution in [-0.4, -0.2) is 9.97 Å². The summed E-state index contributed by atoms with van der Waals surface area (Å²) in [5.74, 6) is 0. The maximum Gasteiger partial charge on any atom is 0.177 e. The molecular weight excluding hydrogens is 300 g/mol. The first-order valence-corrected chi connectivity index (χ1v) is 7.06. The Morgan fingerprint density at radius 2 is 1.12 bits per heavy atom. The number of nitrogens with zero attached hydrogens (tertiary/aromatic N) is 4. The van der Waals surface area contributed by atoms with E-state index < -0.39 is 0 Å².